The summed E-state index contributed by atoms with van der Waals surface area (Å²) >= 11 is 5.96. The van der Waals surface area contributed by atoms with Crippen molar-refractivity contribution < 1.29 is 4.79 Å². The third-order valence-electron chi connectivity index (χ3n) is 4.27. The van der Waals surface area contributed by atoms with Crippen molar-refractivity contribution in [1.29, 1.82) is 0 Å². The molecule has 4 rings (SSSR count). The van der Waals surface area contributed by atoms with Gasteiger partial charge in [-0.2, -0.15) is 19.9 Å². The number of benzene rings is 1. The van der Waals surface area contributed by atoms with Crippen LogP contribution >= 0.6 is 11.6 Å². The molecule has 0 aliphatic heterocycles. The number of anilines is 1. The van der Waals surface area contributed by atoms with Gasteiger partial charge >= 0.3 is 0 Å². The molecule has 29 heavy (non-hydrogen) atoms. The van der Waals surface area contributed by atoms with Crippen LogP contribution in [0.2, 0.25) is 5.02 Å². The molecule has 0 aliphatic carbocycles. The van der Waals surface area contributed by atoms with E-state index in [2.05, 4.69) is 25.5 Å². The van der Waals surface area contributed by atoms with Crippen molar-refractivity contribution in [3.8, 4) is 11.6 Å². The molecule has 1 aromatic carbocycles. The molecule has 0 atom stereocenters. The van der Waals surface area contributed by atoms with Gasteiger partial charge in [0, 0.05) is 17.5 Å². The minimum atomic E-state index is -0.357. The Morgan fingerprint density at radius 3 is 2.72 bits per heavy atom. The van der Waals surface area contributed by atoms with Crippen molar-refractivity contribution in [1.82, 2.24) is 29.5 Å². The van der Waals surface area contributed by atoms with E-state index in [4.69, 9.17) is 11.6 Å². The van der Waals surface area contributed by atoms with E-state index in [-0.39, 0.29) is 17.4 Å². The lowest BCUT2D eigenvalue weighted by atomic mass is 10.3. The fourth-order valence-electron chi connectivity index (χ4n) is 2.96. The van der Waals surface area contributed by atoms with Crippen molar-refractivity contribution in [2.24, 2.45) is 0 Å². The number of aromatic nitrogens is 6. The maximum Gasteiger partial charge on any atom is 0.263 e. The molecule has 10 heteroatoms. The van der Waals surface area contributed by atoms with Crippen molar-refractivity contribution >= 4 is 34.4 Å². The van der Waals surface area contributed by atoms with E-state index in [1.807, 2.05) is 6.92 Å². The zero-order chi connectivity index (χ0) is 20.5. The Kier molecular flexibility index (Phi) is 4.89. The van der Waals surface area contributed by atoms with Crippen molar-refractivity contribution in [2.75, 3.05) is 5.32 Å². The molecular formula is C19H18ClN7O2. The molecule has 2 N–H and O–H groups in total. The quantitative estimate of drug-likeness (QED) is 0.524. The molecule has 3 heterocycles. The number of carbonyl (C=O) groups excluding carboxylic acids is 1. The zero-order valence-electron chi connectivity index (χ0n) is 15.8. The van der Waals surface area contributed by atoms with Gasteiger partial charge in [0.2, 0.25) is 11.9 Å². The number of nitrogens with one attached hydrogen (secondary N) is 2. The van der Waals surface area contributed by atoms with Crippen LogP contribution in [0.15, 0.2) is 41.3 Å². The van der Waals surface area contributed by atoms with Gasteiger partial charge in [-0.3, -0.25) is 14.6 Å². The zero-order valence-corrected chi connectivity index (χ0v) is 16.6. The second-order valence-electron chi connectivity index (χ2n) is 6.54. The first kappa shape index (κ1) is 18.9. The first-order valence-electron chi connectivity index (χ1n) is 9.07. The third-order valence-corrected chi connectivity index (χ3v) is 4.53. The van der Waals surface area contributed by atoms with Crippen LogP contribution in [0.4, 0.5) is 5.82 Å². The maximum atomic E-state index is 12.6. The van der Waals surface area contributed by atoms with Crippen LogP contribution in [-0.2, 0) is 4.79 Å². The standard InChI is InChI=1S/C19H18ClN7O2/c1-3-4-16(28)22-15-9-11(2)25-27(15)19-23-17-14(18(29)24-19)10-21-26(17)13-7-5-12(20)6-8-13/h5-10H,3-4H2,1-2H3,(H,22,28)(H,23,24,29). The van der Waals surface area contributed by atoms with Crippen molar-refractivity contribution in [3.63, 3.8) is 0 Å². The fraction of sp³-hybridized carbons (Fsp3) is 0.211. The van der Waals surface area contributed by atoms with Gasteiger partial charge in [0.15, 0.2) is 5.65 Å². The number of rotatable bonds is 5. The maximum absolute atomic E-state index is 12.6. The van der Waals surface area contributed by atoms with Gasteiger partial charge in [0.05, 0.1) is 17.6 Å². The summed E-state index contributed by atoms with van der Waals surface area (Å²) in [5.41, 5.74) is 1.39. The van der Waals surface area contributed by atoms with Gasteiger partial charge < -0.3 is 5.32 Å². The van der Waals surface area contributed by atoms with E-state index in [0.717, 1.165) is 6.42 Å². The molecule has 0 radical (unpaired) electrons. The average Bonchev–Trinajstić information content (AvgIpc) is 3.26. The molecule has 0 saturated heterocycles. The molecule has 0 unspecified atom stereocenters. The molecule has 1 amide bonds. The Balaban J connectivity index is 1.84. The molecule has 0 spiro atoms. The highest BCUT2D eigenvalue weighted by Crippen LogP contribution is 2.19. The molecule has 0 fully saturated rings. The lowest BCUT2D eigenvalue weighted by Crippen LogP contribution is -2.18. The lowest BCUT2D eigenvalue weighted by molar-refractivity contribution is -0.116. The van der Waals surface area contributed by atoms with Crippen LogP contribution in [-0.4, -0.2) is 35.4 Å². The van der Waals surface area contributed by atoms with Crippen LogP contribution in [0.25, 0.3) is 22.7 Å². The van der Waals surface area contributed by atoms with Crippen molar-refractivity contribution in [3.05, 3.63) is 57.6 Å². The summed E-state index contributed by atoms with van der Waals surface area (Å²) in [6.45, 7) is 3.72. The molecule has 9 nitrogen and oxygen atoms in total. The first-order chi connectivity index (χ1) is 14.0. The third kappa shape index (κ3) is 3.64. The summed E-state index contributed by atoms with van der Waals surface area (Å²) in [5, 5.41) is 12.4. The number of hydrogen-bond acceptors (Lipinski definition) is 5. The Morgan fingerprint density at radius 1 is 1.24 bits per heavy atom. The van der Waals surface area contributed by atoms with Crippen LogP contribution in [0.5, 0.6) is 0 Å². The Bertz CT molecular complexity index is 1250. The number of aromatic amines is 1. The van der Waals surface area contributed by atoms with E-state index >= 15 is 0 Å². The highest BCUT2D eigenvalue weighted by atomic mass is 35.5. The number of halogens is 1. The van der Waals surface area contributed by atoms with Gasteiger partial charge in [-0.1, -0.05) is 18.5 Å². The van der Waals surface area contributed by atoms with Crippen molar-refractivity contribution in [2.45, 2.75) is 26.7 Å². The van der Waals surface area contributed by atoms with E-state index < -0.39 is 0 Å². The number of hydrogen-bond donors (Lipinski definition) is 2. The molecule has 3 aromatic heterocycles. The largest absolute Gasteiger partial charge is 0.310 e. The number of fused-ring (bicyclic) bond motifs is 1. The van der Waals surface area contributed by atoms with Crippen LogP contribution in [0.3, 0.4) is 0 Å². The summed E-state index contributed by atoms with van der Waals surface area (Å²) in [6, 6.07) is 8.75. The molecular weight excluding hydrogens is 394 g/mol. The van der Waals surface area contributed by atoms with Crippen LogP contribution in [0.1, 0.15) is 25.5 Å². The molecule has 0 bridgehead atoms. The predicted molar refractivity (Wildman–Crippen MR) is 110 cm³/mol. The summed E-state index contributed by atoms with van der Waals surface area (Å²) < 4.78 is 2.96. The van der Waals surface area contributed by atoms with E-state index in [1.54, 1.807) is 41.9 Å². The highest BCUT2D eigenvalue weighted by molar-refractivity contribution is 6.30. The minimum absolute atomic E-state index is 0.136. The topological polar surface area (TPSA) is 110 Å². The highest BCUT2D eigenvalue weighted by Gasteiger charge is 2.16. The summed E-state index contributed by atoms with van der Waals surface area (Å²) in [5.74, 6) is 0.474. The van der Waals surface area contributed by atoms with Gasteiger partial charge in [-0.25, -0.2) is 4.68 Å². The van der Waals surface area contributed by atoms with E-state index in [1.165, 1.54) is 10.9 Å². The summed E-state index contributed by atoms with van der Waals surface area (Å²) in [7, 11) is 0. The Labute approximate surface area is 170 Å². The van der Waals surface area contributed by atoms with E-state index in [9.17, 15) is 9.59 Å². The van der Waals surface area contributed by atoms with E-state index in [0.29, 0.717) is 39.7 Å². The number of H-pyrrole nitrogens is 1. The SMILES string of the molecule is CCCC(=O)Nc1cc(C)nn1-c1nc2c(cnn2-c2ccc(Cl)cc2)c(=O)[nH]1. The lowest BCUT2D eigenvalue weighted by Gasteiger charge is -2.08. The van der Waals surface area contributed by atoms with Gasteiger partial charge in [0.1, 0.15) is 11.2 Å². The summed E-state index contributed by atoms with van der Waals surface area (Å²) in [4.78, 5) is 31.9. The fourth-order valence-corrected chi connectivity index (χ4v) is 3.09. The number of amides is 1. The molecule has 0 saturated carbocycles. The molecule has 4 aromatic rings. The second kappa shape index (κ2) is 7.51. The minimum Gasteiger partial charge on any atom is -0.310 e. The Hall–Kier alpha value is -3.46. The molecule has 148 valence electrons. The van der Waals surface area contributed by atoms with Gasteiger partial charge in [-0.15, -0.1) is 0 Å². The van der Waals surface area contributed by atoms with Crippen LogP contribution < -0.4 is 10.9 Å². The number of carbonyl (C=O) groups is 1. The normalized spacial score (nSPS) is 11.1. The smallest absolute Gasteiger partial charge is 0.263 e. The number of aryl methyl sites for hydroxylation is 1. The van der Waals surface area contributed by atoms with Crippen LogP contribution in [0, 0.1) is 6.92 Å². The summed E-state index contributed by atoms with van der Waals surface area (Å²) in [6.07, 6.45) is 2.56. The predicted octanol–water partition coefficient (Wildman–Crippen LogP) is 2.99. The average molecular weight is 412 g/mol. The monoisotopic (exact) mass is 411 g/mol. The van der Waals surface area contributed by atoms with Gasteiger partial charge in [-0.05, 0) is 37.6 Å². The number of nitrogens with zero attached hydrogens (tertiary/aromatic N) is 5. The second-order valence-corrected chi connectivity index (χ2v) is 6.98. The Morgan fingerprint density at radius 2 is 2.00 bits per heavy atom. The van der Waals surface area contributed by atoms with Gasteiger partial charge in [0.25, 0.3) is 5.56 Å². The first-order valence-corrected chi connectivity index (χ1v) is 9.45. The molecule has 0 aliphatic rings.